The van der Waals surface area contributed by atoms with E-state index in [1.165, 1.54) is 17.4 Å². The van der Waals surface area contributed by atoms with E-state index in [4.69, 9.17) is 0 Å². The molecule has 3 nitrogen and oxygen atoms in total. The van der Waals surface area contributed by atoms with Gasteiger partial charge in [-0.05, 0) is 12.1 Å². The van der Waals surface area contributed by atoms with Crippen LogP contribution in [0.2, 0.25) is 0 Å². The Hall–Kier alpha value is -1.16. The van der Waals surface area contributed by atoms with Crippen molar-refractivity contribution in [3.8, 4) is 0 Å². The van der Waals surface area contributed by atoms with Crippen LogP contribution in [-0.4, -0.2) is 11.1 Å². The molecule has 0 aliphatic rings. The predicted octanol–water partition coefficient (Wildman–Crippen LogP) is 2.64. The fourth-order valence-electron chi connectivity index (χ4n) is 0.948. The maximum Gasteiger partial charge on any atom is 0.247 e. The van der Waals surface area contributed by atoms with E-state index in [9.17, 15) is 4.79 Å². The number of rotatable bonds is 2. The van der Waals surface area contributed by atoms with E-state index < -0.39 is 0 Å². The molecule has 0 aliphatic heterocycles. The number of carbonyl (C=O) groups excluding carboxylic acids is 1. The van der Waals surface area contributed by atoms with Crippen molar-refractivity contribution in [2.75, 3.05) is 0 Å². The Balaban J connectivity index is 2.43. The Kier molecular flexibility index (Phi) is 2.40. The van der Waals surface area contributed by atoms with Gasteiger partial charge in [0.05, 0.1) is 22.2 Å². The highest BCUT2D eigenvalue weighted by molar-refractivity contribution is 8.00. The molecule has 64 valence electrons. The van der Waals surface area contributed by atoms with Gasteiger partial charge in [-0.15, -0.1) is 15.7 Å². The maximum absolute atomic E-state index is 9.86. The summed E-state index contributed by atoms with van der Waals surface area (Å²) in [5, 5.41) is 0. The number of aromatic nitrogens is 1. The van der Waals surface area contributed by atoms with Crippen molar-refractivity contribution >= 4 is 39.6 Å². The average molecular weight is 208 g/mol. The highest BCUT2D eigenvalue weighted by Crippen LogP contribution is 2.29. The summed E-state index contributed by atoms with van der Waals surface area (Å²) in [4.78, 5) is 14.1. The number of para-hydroxylation sites is 1. The molecule has 0 radical (unpaired) electrons. The number of nitrogens with zero attached hydrogens (tertiary/aromatic N) is 2. The quantitative estimate of drug-likeness (QED) is 0.433. The molecule has 0 amide bonds. The Labute approximate surface area is 82.7 Å². The molecular weight excluding hydrogens is 204 g/mol. The van der Waals surface area contributed by atoms with Gasteiger partial charge in [-0.1, -0.05) is 12.1 Å². The minimum atomic E-state index is 0.768. The van der Waals surface area contributed by atoms with E-state index in [0.29, 0.717) is 0 Å². The van der Waals surface area contributed by atoms with Gasteiger partial charge in [0.15, 0.2) is 4.34 Å². The lowest BCUT2D eigenvalue weighted by Crippen LogP contribution is -1.65. The summed E-state index contributed by atoms with van der Waals surface area (Å²) in [5.74, 6) is 0. The van der Waals surface area contributed by atoms with Crippen molar-refractivity contribution in [3.63, 3.8) is 0 Å². The van der Waals surface area contributed by atoms with Crippen molar-refractivity contribution in [2.24, 2.45) is 4.40 Å². The van der Waals surface area contributed by atoms with Crippen LogP contribution in [0.1, 0.15) is 0 Å². The fraction of sp³-hybridized carbons (Fsp3) is 0. The SMILES string of the molecule is O=C=NSc1nc2ccccc2s1. The zero-order chi connectivity index (χ0) is 9.10. The lowest BCUT2D eigenvalue weighted by atomic mass is 10.3. The number of hydrogen-bond donors (Lipinski definition) is 0. The molecule has 0 aliphatic carbocycles. The van der Waals surface area contributed by atoms with Gasteiger partial charge >= 0.3 is 0 Å². The number of fused-ring (bicyclic) bond motifs is 1. The van der Waals surface area contributed by atoms with Gasteiger partial charge < -0.3 is 0 Å². The van der Waals surface area contributed by atoms with Crippen LogP contribution in [-0.2, 0) is 4.79 Å². The Morgan fingerprint density at radius 1 is 1.46 bits per heavy atom. The topological polar surface area (TPSA) is 42.3 Å². The first-order valence-electron chi connectivity index (χ1n) is 3.50. The molecule has 1 heterocycles. The maximum atomic E-state index is 9.86. The third kappa shape index (κ3) is 1.78. The second-order valence-corrected chi connectivity index (χ2v) is 4.26. The van der Waals surface area contributed by atoms with Crippen LogP contribution in [0.4, 0.5) is 0 Å². The zero-order valence-electron chi connectivity index (χ0n) is 6.43. The van der Waals surface area contributed by atoms with Crippen LogP contribution >= 0.6 is 23.3 Å². The van der Waals surface area contributed by atoms with Crippen molar-refractivity contribution in [2.45, 2.75) is 4.34 Å². The van der Waals surface area contributed by atoms with E-state index in [1.807, 2.05) is 24.3 Å². The van der Waals surface area contributed by atoms with Gasteiger partial charge in [0.2, 0.25) is 6.08 Å². The van der Waals surface area contributed by atoms with E-state index in [2.05, 4.69) is 9.38 Å². The van der Waals surface area contributed by atoms with Gasteiger partial charge in [0, 0.05) is 0 Å². The highest BCUT2D eigenvalue weighted by atomic mass is 32.2. The van der Waals surface area contributed by atoms with Gasteiger partial charge in [-0.2, -0.15) is 0 Å². The first kappa shape index (κ1) is 8.44. The highest BCUT2D eigenvalue weighted by Gasteiger charge is 2.01. The number of thiazole rings is 1. The summed E-state index contributed by atoms with van der Waals surface area (Å²) in [6.07, 6.45) is 1.47. The normalized spacial score (nSPS) is 9.85. The van der Waals surface area contributed by atoms with E-state index in [0.717, 1.165) is 26.5 Å². The van der Waals surface area contributed by atoms with Gasteiger partial charge in [-0.25, -0.2) is 9.78 Å². The molecule has 1 aromatic heterocycles. The third-order valence-corrected chi connectivity index (χ3v) is 3.15. The Morgan fingerprint density at radius 2 is 2.31 bits per heavy atom. The average Bonchev–Trinajstić information content (AvgIpc) is 2.57. The predicted molar refractivity (Wildman–Crippen MR) is 53.6 cm³/mol. The molecular formula is C8H4N2OS2. The molecule has 0 N–H and O–H groups in total. The molecule has 0 spiro atoms. The summed E-state index contributed by atoms with van der Waals surface area (Å²) in [6.45, 7) is 0. The molecule has 0 atom stereocenters. The number of isocyanates is 1. The second-order valence-electron chi connectivity index (χ2n) is 2.22. The van der Waals surface area contributed by atoms with Crippen LogP contribution in [0, 0.1) is 0 Å². The lowest BCUT2D eigenvalue weighted by molar-refractivity contribution is 0.566. The monoisotopic (exact) mass is 208 g/mol. The first-order chi connectivity index (χ1) is 6.40. The molecule has 2 aromatic rings. The van der Waals surface area contributed by atoms with E-state index in [-0.39, 0.29) is 0 Å². The third-order valence-electron chi connectivity index (χ3n) is 1.44. The van der Waals surface area contributed by atoms with Crippen LogP contribution in [0.15, 0.2) is 33.0 Å². The number of hydrogen-bond acceptors (Lipinski definition) is 5. The Bertz CT molecular complexity index is 441. The molecule has 1 aromatic carbocycles. The summed E-state index contributed by atoms with van der Waals surface area (Å²) in [7, 11) is 0. The van der Waals surface area contributed by atoms with Crippen molar-refractivity contribution in [1.82, 2.24) is 4.98 Å². The van der Waals surface area contributed by atoms with Crippen LogP contribution in [0.5, 0.6) is 0 Å². The molecule has 2 rings (SSSR count). The van der Waals surface area contributed by atoms with Gasteiger partial charge in [0.1, 0.15) is 0 Å². The van der Waals surface area contributed by atoms with Crippen LogP contribution in [0.3, 0.4) is 0 Å². The van der Waals surface area contributed by atoms with Crippen molar-refractivity contribution in [3.05, 3.63) is 24.3 Å². The molecule has 0 bridgehead atoms. The summed E-state index contributed by atoms with van der Waals surface area (Å²) in [5.41, 5.74) is 0.941. The van der Waals surface area contributed by atoms with E-state index in [1.54, 1.807) is 0 Å². The minimum absolute atomic E-state index is 0.768. The van der Waals surface area contributed by atoms with Gasteiger partial charge in [0.25, 0.3) is 0 Å². The molecule has 0 saturated carbocycles. The zero-order valence-corrected chi connectivity index (χ0v) is 8.06. The van der Waals surface area contributed by atoms with Gasteiger partial charge in [-0.3, -0.25) is 0 Å². The van der Waals surface area contributed by atoms with E-state index >= 15 is 0 Å². The van der Waals surface area contributed by atoms with Crippen molar-refractivity contribution in [1.29, 1.82) is 0 Å². The summed E-state index contributed by atoms with van der Waals surface area (Å²) >= 11 is 2.57. The standard InChI is InChI=1S/C8H4N2OS2/c11-5-9-13-8-10-6-3-1-2-4-7(6)12-8/h1-4H. The summed E-state index contributed by atoms with van der Waals surface area (Å²) in [6, 6.07) is 7.81. The molecule has 0 unspecified atom stereocenters. The Morgan fingerprint density at radius 3 is 3.08 bits per heavy atom. The minimum Gasteiger partial charge on any atom is -0.228 e. The summed E-state index contributed by atoms with van der Waals surface area (Å²) < 4.78 is 5.27. The first-order valence-corrected chi connectivity index (χ1v) is 5.09. The smallest absolute Gasteiger partial charge is 0.228 e. The largest absolute Gasteiger partial charge is 0.247 e. The number of benzene rings is 1. The second kappa shape index (κ2) is 3.70. The van der Waals surface area contributed by atoms with Crippen LogP contribution in [0.25, 0.3) is 10.2 Å². The fourth-order valence-corrected chi connectivity index (χ4v) is 2.43. The lowest BCUT2D eigenvalue weighted by Gasteiger charge is -1.80. The molecule has 13 heavy (non-hydrogen) atoms. The van der Waals surface area contributed by atoms with Crippen molar-refractivity contribution < 1.29 is 4.79 Å². The molecule has 0 fully saturated rings. The molecule has 5 heteroatoms. The molecule has 0 saturated heterocycles. The van der Waals surface area contributed by atoms with Crippen LogP contribution < -0.4 is 0 Å².